The van der Waals surface area contributed by atoms with Gasteiger partial charge in [0.25, 0.3) is 5.91 Å². The maximum absolute atomic E-state index is 12.3. The van der Waals surface area contributed by atoms with Crippen LogP contribution >= 0.6 is 15.9 Å². The summed E-state index contributed by atoms with van der Waals surface area (Å²) >= 11 is 3.29. The molecule has 0 spiro atoms. The Morgan fingerprint density at radius 1 is 1.13 bits per heavy atom. The third-order valence-electron chi connectivity index (χ3n) is 4.56. The molecule has 2 N–H and O–H groups in total. The highest BCUT2D eigenvalue weighted by Crippen LogP contribution is 2.31. The van der Waals surface area contributed by atoms with E-state index in [1.54, 1.807) is 36.4 Å². The van der Waals surface area contributed by atoms with Gasteiger partial charge < -0.3 is 19.6 Å². The van der Waals surface area contributed by atoms with E-state index in [-0.39, 0.29) is 18.3 Å². The topological polar surface area (TPSA) is 84.6 Å². The van der Waals surface area contributed by atoms with Crippen LogP contribution in [-0.4, -0.2) is 22.6 Å². The summed E-state index contributed by atoms with van der Waals surface area (Å²) in [5.74, 6) is 0.989. The number of ether oxygens (including phenoxy) is 1. The molecule has 30 heavy (non-hydrogen) atoms. The summed E-state index contributed by atoms with van der Waals surface area (Å²) in [5, 5.41) is 12.5. The summed E-state index contributed by atoms with van der Waals surface area (Å²) in [5.41, 5.74) is 4.66. The summed E-state index contributed by atoms with van der Waals surface area (Å²) in [6.07, 6.45) is 0. The zero-order valence-corrected chi connectivity index (χ0v) is 18.0. The number of anilines is 1. The number of nitrogens with one attached hydrogen (secondary N) is 1. The number of aromatic nitrogens is 1. The Morgan fingerprint density at radius 3 is 2.73 bits per heavy atom. The average molecular weight is 467 g/mol. The second-order valence-electron chi connectivity index (χ2n) is 6.97. The van der Waals surface area contributed by atoms with Crippen LogP contribution < -0.4 is 10.1 Å². The molecule has 7 heteroatoms. The predicted octanol–water partition coefficient (Wildman–Crippen LogP) is 5.60. The maximum Gasteiger partial charge on any atom is 0.262 e. The molecule has 0 atom stereocenters. The van der Waals surface area contributed by atoms with Crippen LogP contribution in [0.1, 0.15) is 11.1 Å². The van der Waals surface area contributed by atoms with Gasteiger partial charge >= 0.3 is 0 Å². The van der Waals surface area contributed by atoms with E-state index in [4.69, 9.17) is 9.15 Å². The second kappa shape index (κ2) is 8.20. The lowest BCUT2D eigenvalue weighted by Gasteiger charge is -2.10. The number of aromatic hydroxyl groups is 1. The molecule has 0 aliphatic carbocycles. The number of hydrogen-bond donors (Lipinski definition) is 2. The van der Waals surface area contributed by atoms with E-state index >= 15 is 0 Å². The van der Waals surface area contributed by atoms with Crippen molar-refractivity contribution < 1.29 is 19.1 Å². The number of carbonyl (C=O) groups excluding carboxylic acids is 1. The molecule has 4 rings (SSSR count). The SMILES string of the molecule is Cc1ccc(OCC(=O)Nc2ccc3oc(-c4ccc(O)c(Br)c4)nc3c2)c(C)c1. The number of rotatable bonds is 5. The monoisotopic (exact) mass is 466 g/mol. The molecule has 0 bridgehead atoms. The van der Waals surface area contributed by atoms with E-state index in [1.807, 2.05) is 32.0 Å². The van der Waals surface area contributed by atoms with Gasteiger partial charge in [-0.3, -0.25) is 4.79 Å². The smallest absolute Gasteiger partial charge is 0.262 e. The molecule has 4 aromatic rings. The minimum Gasteiger partial charge on any atom is -0.507 e. The van der Waals surface area contributed by atoms with Crippen molar-refractivity contribution in [2.45, 2.75) is 13.8 Å². The highest BCUT2D eigenvalue weighted by Gasteiger charge is 2.12. The first-order chi connectivity index (χ1) is 14.4. The fourth-order valence-corrected chi connectivity index (χ4v) is 3.45. The van der Waals surface area contributed by atoms with Gasteiger partial charge in [0.05, 0.1) is 4.47 Å². The normalized spacial score (nSPS) is 10.9. The number of nitrogens with zero attached hydrogens (tertiary/aromatic N) is 1. The molecular formula is C23H19BrN2O4. The molecule has 0 aliphatic heterocycles. The minimum absolute atomic E-state index is 0.0897. The van der Waals surface area contributed by atoms with Crippen molar-refractivity contribution >= 4 is 38.6 Å². The Hall–Kier alpha value is -3.32. The summed E-state index contributed by atoms with van der Waals surface area (Å²) in [6.45, 7) is 3.87. The third-order valence-corrected chi connectivity index (χ3v) is 5.19. The Morgan fingerprint density at radius 2 is 1.97 bits per heavy atom. The highest BCUT2D eigenvalue weighted by atomic mass is 79.9. The van der Waals surface area contributed by atoms with Crippen LogP contribution in [0.5, 0.6) is 11.5 Å². The van der Waals surface area contributed by atoms with Gasteiger partial charge in [0.2, 0.25) is 5.89 Å². The molecule has 0 radical (unpaired) electrons. The van der Waals surface area contributed by atoms with Gasteiger partial charge in [0.1, 0.15) is 17.0 Å². The second-order valence-corrected chi connectivity index (χ2v) is 7.83. The molecule has 1 heterocycles. The van der Waals surface area contributed by atoms with Crippen molar-refractivity contribution in [1.82, 2.24) is 4.98 Å². The lowest BCUT2D eigenvalue weighted by atomic mass is 10.1. The lowest BCUT2D eigenvalue weighted by molar-refractivity contribution is -0.118. The Labute approximate surface area is 181 Å². The lowest BCUT2D eigenvalue weighted by Crippen LogP contribution is -2.20. The summed E-state index contributed by atoms with van der Waals surface area (Å²) in [6, 6.07) is 16.1. The molecule has 0 saturated carbocycles. The molecule has 3 aromatic carbocycles. The van der Waals surface area contributed by atoms with Crippen molar-refractivity contribution in [2.24, 2.45) is 0 Å². The number of hydrogen-bond acceptors (Lipinski definition) is 5. The largest absolute Gasteiger partial charge is 0.507 e. The van der Waals surface area contributed by atoms with Crippen LogP contribution in [0.15, 0.2) is 63.5 Å². The Bertz CT molecular complexity index is 1250. The molecule has 0 saturated heterocycles. The van der Waals surface area contributed by atoms with Crippen molar-refractivity contribution in [3.63, 3.8) is 0 Å². The number of oxazole rings is 1. The van der Waals surface area contributed by atoms with Gasteiger partial charge in [-0.05, 0) is 77.8 Å². The van der Waals surface area contributed by atoms with E-state index in [1.165, 1.54) is 0 Å². The third kappa shape index (κ3) is 4.31. The number of phenolic OH excluding ortho intramolecular Hbond substituents is 1. The van der Waals surface area contributed by atoms with Crippen molar-refractivity contribution in [3.8, 4) is 23.0 Å². The zero-order valence-electron chi connectivity index (χ0n) is 16.4. The number of carbonyl (C=O) groups is 1. The fourth-order valence-electron chi connectivity index (χ4n) is 3.07. The van der Waals surface area contributed by atoms with Crippen LogP contribution in [0.3, 0.4) is 0 Å². The van der Waals surface area contributed by atoms with Crippen LogP contribution in [-0.2, 0) is 4.79 Å². The van der Waals surface area contributed by atoms with Gasteiger partial charge in [0.15, 0.2) is 12.2 Å². The molecular weight excluding hydrogens is 448 g/mol. The number of phenols is 1. The standard InChI is InChI=1S/C23H19BrN2O4/c1-13-3-7-20(14(2)9-13)29-12-22(28)25-16-5-8-21-18(11-16)26-23(30-21)15-4-6-19(27)17(24)10-15/h3-11,27H,12H2,1-2H3,(H,25,28). The van der Waals surface area contributed by atoms with Gasteiger partial charge in [-0.25, -0.2) is 4.98 Å². The first kappa shape index (κ1) is 20.0. The number of benzene rings is 3. The van der Waals surface area contributed by atoms with Gasteiger partial charge in [-0.2, -0.15) is 0 Å². The molecule has 0 unspecified atom stereocenters. The molecule has 6 nitrogen and oxygen atoms in total. The van der Waals surface area contributed by atoms with E-state index in [0.717, 1.165) is 16.7 Å². The molecule has 0 fully saturated rings. The average Bonchev–Trinajstić information content (AvgIpc) is 3.13. The van der Waals surface area contributed by atoms with E-state index < -0.39 is 0 Å². The van der Waals surface area contributed by atoms with Crippen LogP contribution in [0.25, 0.3) is 22.6 Å². The van der Waals surface area contributed by atoms with Crippen LogP contribution in [0.2, 0.25) is 0 Å². The summed E-state index contributed by atoms with van der Waals surface area (Å²) in [4.78, 5) is 16.8. The highest BCUT2D eigenvalue weighted by molar-refractivity contribution is 9.10. The molecule has 1 amide bonds. The predicted molar refractivity (Wildman–Crippen MR) is 119 cm³/mol. The quantitative estimate of drug-likeness (QED) is 0.399. The van der Waals surface area contributed by atoms with Gasteiger partial charge in [-0.1, -0.05) is 17.7 Å². The molecule has 1 aromatic heterocycles. The first-order valence-corrected chi connectivity index (χ1v) is 10.1. The Balaban J connectivity index is 1.46. The Kier molecular flexibility index (Phi) is 5.46. The first-order valence-electron chi connectivity index (χ1n) is 9.28. The van der Waals surface area contributed by atoms with Crippen LogP contribution in [0.4, 0.5) is 5.69 Å². The number of fused-ring (bicyclic) bond motifs is 1. The van der Waals surface area contributed by atoms with Gasteiger partial charge in [-0.15, -0.1) is 0 Å². The summed E-state index contributed by atoms with van der Waals surface area (Å²) < 4.78 is 12.0. The number of amides is 1. The maximum atomic E-state index is 12.3. The van der Waals surface area contributed by atoms with E-state index in [2.05, 4.69) is 26.2 Å². The number of halogens is 1. The van der Waals surface area contributed by atoms with E-state index in [9.17, 15) is 9.90 Å². The van der Waals surface area contributed by atoms with E-state index in [0.29, 0.717) is 32.9 Å². The van der Waals surface area contributed by atoms with Crippen molar-refractivity contribution in [1.29, 1.82) is 0 Å². The molecule has 0 aliphatic rings. The van der Waals surface area contributed by atoms with Crippen LogP contribution in [0, 0.1) is 13.8 Å². The molecule has 152 valence electrons. The summed E-state index contributed by atoms with van der Waals surface area (Å²) in [7, 11) is 0. The van der Waals surface area contributed by atoms with Crippen molar-refractivity contribution in [3.05, 3.63) is 70.2 Å². The van der Waals surface area contributed by atoms with Gasteiger partial charge in [0, 0.05) is 11.3 Å². The fraction of sp³-hybridized carbons (Fsp3) is 0.130. The number of aryl methyl sites for hydroxylation is 2. The van der Waals surface area contributed by atoms with Crippen molar-refractivity contribution in [2.75, 3.05) is 11.9 Å². The minimum atomic E-state index is -0.263. The zero-order chi connectivity index (χ0) is 21.3.